The minimum atomic E-state index is 0. The third kappa shape index (κ3) is 45.3. The molecule has 5 nitrogen and oxygen atoms in total. The molecule has 0 rings (SSSR count). The van der Waals surface area contributed by atoms with E-state index in [1.54, 1.807) is 0 Å². The average Bonchev–Trinajstić information content (AvgIpc) is 2.35. The zero-order valence-electron chi connectivity index (χ0n) is 13.3. The van der Waals surface area contributed by atoms with Crippen LogP contribution in [0.2, 0.25) is 0 Å². The normalized spacial score (nSPS) is 8.19. The lowest BCUT2D eigenvalue weighted by molar-refractivity contribution is -0.127. The van der Waals surface area contributed by atoms with Gasteiger partial charge >= 0.3 is 0 Å². The first-order valence-electron chi connectivity index (χ1n) is 6.77. The number of Topliss-reactive ketones (excluding diaryl/α,β-unsaturated/α-hetero) is 2. The molecule has 0 spiro atoms. The van der Waals surface area contributed by atoms with Gasteiger partial charge in [0.05, 0.1) is 19.8 Å². The number of nitrogens with two attached hydrogens (primary N) is 1. The second-order valence-corrected chi connectivity index (χ2v) is 3.98. The minimum Gasteiger partial charge on any atom is -0.378 e. The Morgan fingerprint density at radius 2 is 1.38 bits per heavy atom. The molecule has 0 aromatic rings. The minimum absolute atomic E-state index is 0. The zero-order chi connectivity index (χ0) is 15.7. The summed E-state index contributed by atoms with van der Waals surface area (Å²) in [7, 11) is 0. The predicted molar refractivity (Wildman–Crippen MR) is 93.8 cm³/mol. The quantitative estimate of drug-likeness (QED) is 0.695. The van der Waals surface area contributed by atoms with Crippen LogP contribution in [0.15, 0.2) is 0 Å². The van der Waals surface area contributed by atoms with Crippen molar-refractivity contribution < 1.29 is 20.5 Å². The maximum absolute atomic E-state index is 11.0. The summed E-state index contributed by atoms with van der Waals surface area (Å²) in [4.78, 5) is 20.5. The fourth-order valence-electron chi connectivity index (χ4n) is 0.643. The first-order valence-corrected chi connectivity index (χ1v) is 6.77. The highest BCUT2D eigenvalue weighted by Gasteiger charge is 2.05. The van der Waals surface area contributed by atoms with Crippen LogP contribution in [0.5, 0.6) is 0 Å². The fourth-order valence-corrected chi connectivity index (χ4v) is 0.643. The third-order valence-electron chi connectivity index (χ3n) is 1.52. The lowest BCUT2D eigenvalue weighted by Gasteiger charge is -2.05. The first-order chi connectivity index (χ1) is 8.91. The molecule has 0 fully saturated rings. The van der Waals surface area contributed by atoms with Crippen molar-refractivity contribution in [3.8, 4) is 0 Å². The Morgan fingerprint density at radius 1 is 1.00 bits per heavy atom. The van der Waals surface area contributed by atoms with Crippen LogP contribution < -0.4 is 5.73 Å². The van der Waals surface area contributed by atoms with Gasteiger partial charge in [-0.2, -0.15) is 0 Å². The molecule has 0 bridgehead atoms. The molecule has 0 amide bonds. The molecule has 0 unspecified atom stereocenters. The number of carbonyl (C=O) groups is 2. The Kier molecular flexibility index (Phi) is 42.3. The molecule has 0 aromatic carbocycles. The average molecular weight is 312 g/mol. The Bertz CT molecular complexity index is 208. The van der Waals surface area contributed by atoms with E-state index in [-0.39, 0.29) is 40.4 Å². The summed E-state index contributed by atoms with van der Waals surface area (Å²) >= 11 is 0. The number of hydrogen-bond acceptors (Lipinski definition) is 5. The van der Waals surface area contributed by atoms with E-state index in [0.29, 0.717) is 26.4 Å². The number of hydrogen-bond donors (Lipinski definition) is 1. The molecule has 0 heterocycles. The van der Waals surface area contributed by atoms with Crippen LogP contribution in [0.4, 0.5) is 0 Å². The monoisotopic (exact) mass is 311 g/mol. The maximum atomic E-state index is 11.0. The van der Waals surface area contributed by atoms with Gasteiger partial charge in [-0.1, -0.05) is 42.5 Å². The Morgan fingerprint density at radius 3 is 1.71 bits per heavy atom. The summed E-state index contributed by atoms with van der Waals surface area (Å²) in [5.41, 5.74) is 5.21. The number of rotatable bonds is 8. The van der Waals surface area contributed by atoms with Crippen molar-refractivity contribution in [2.75, 3.05) is 33.0 Å². The van der Waals surface area contributed by atoms with E-state index < -0.39 is 0 Å². The smallest absolute Gasteiger partial charge is 0.160 e. The number of ether oxygens (including phenoxy) is 2. The highest BCUT2D eigenvalue weighted by atomic mass is 16.5. The second-order valence-electron chi connectivity index (χ2n) is 3.98. The third-order valence-corrected chi connectivity index (χ3v) is 1.52. The van der Waals surface area contributed by atoms with E-state index in [2.05, 4.69) is 0 Å². The van der Waals surface area contributed by atoms with Crippen LogP contribution >= 0.6 is 0 Å². The van der Waals surface area contributed by atoms with E-state index >= 15 is 0 Å². The Hall–Kier alpha value is -0.780. The summed E-state index contributed by atoms with van der Waals surface area (Å²) in [5.74, 6) is 0.337. The number of ketones is 2. The van der Waals surface area contributed by atoms with Gasteiger partial charge in [-0.25, -0.2) is 0 Å². The van der Waals surface area contributed by atoms with Gasteiger partial charge in [0.15, 0.2) is 5.78 Å². The van der Waals surface area contributed by atoms with E-state index in [0.717, 1.165) is 0 Å². The molecule has 0 radical (unpaired) electrons. The first kappa shape index (κ1) is 32.2. The molecular formula is C16H41NO4. The standard InChI is InChI=1S/C9H19NO3.C3H6O.C2H6.2CH4.H2/c1-8(2)9(11)7-13-6-5-12-4-3-10;1-3(2)4;1-2;;;/h8H,3-7,10H2,1-2H3;1-2H3;1-2H3;2*1H4;1H. The molecule has 0 atom stereocenters. The lowest BCUT2D eigenvalue weighted by atomic mass is 10.1. The van der Waals surface area contributed by atoms with Crippen molar-refractivity contribution in [2.24, 2.45) is 11.7 Å². The second kappa shape index (κ2) is 27.5. The van der Waals surface area contributed by atoms with Gasteiger partial charge in [0, 0.05) is 13.9 Å². The van der Waals surface area contributed by atoms with Gasteiger partial charge in [0.2, 0.25) is 0 Å². The molecular weight excluding hydrogens is 270 g/mol. The molecule has 2 N–H and O–H groups in total. The summed E-state index contributed by atoms with van der Waals surface area (Å²) < 4.78 is 10.2. The van der Waals surface area contributed by atoms with Gasteiger partial charge in [-0.15, -0.1) is 0 Å². The molecule has 0 saturated carbocycles. The summed E-state index contributed by atoms with van der Waals surface area (Å²) in [6.45, 7) is 13.0. The topological polar surface area (TPSA) is 78.6 Å². The van der Waals surface area contributed by atoms with Crippen molar-refractivity contribution in [1.29, 1.82) is 0 Å². The van der Waals surface area contributed by atoms with Crippen LogP contribution in [0.3, 0.4) is 0 Å². The van der Waals surface area contributed by atoms with Crippen LogP contribution in [-0.4, -0.2) is 44.5 Å². The van der Waals surface area contributed by atoms with Crippen molar-refractivity contribution in [3.05, 3.63) is 0 Å². The fraction of sp³-hybridized carbons (Fsp3) is 0.875. The highest BCUT2D eigenvalue weighted by molar-refractivity contribution is 5.81. The lowest BCUT2D eigenvalue weighted by Crippen LogP contribution is -2.17. The van der Waals surface area contributed by atoms with E-state index in [1.807, 2.05) is 27.7 Å². The molecule has 0 aliphatic carbocycles. The van der Waals surface area contributed by atoms with Gasteiger partial charge in [0.1, 0.15) is 12.4 Å². The molecule has 134 valence electrons. The van der Waals surface area contributed by atoms with E-state index in [4.69, 9.17) is 15.2 Å². The number of carbonyl (C=O) groups excluding carboxylic acids is 2. The molecule has 5 heteroatoms. The summed E-state index contributed by atoms with van der Waals surface area (Å²) in [5, 5.41) is 0. The predicted octanol–water partition coefficient (Wildman–Crippen LogP) is 3.34. The van der Waals surface area contributed by atoms with Crippen molar-refractivity contribution in [1.82, 2.24) is 0 Å². The van der Waals surface area contributed by atoms with Crippen molar-refractivity contribution in [3.63, 3.8) is 0 Å². The van der Waals surface area contributed by atoms with Crippen LogP contribution in [0, 0.1) is 5.92 Å². The van der Waals surface area contributed by atoms with E-state index in [9.17, 15) is 9.59 Å². The maximum Gasteiger partial charge on any atom is 0.160 e. The van der Waals surface area contributed by atoms with Crippen LogP contribution in [-0.2, 0) is 19.1 Å². The van der Waals surface area contributed by atoms with E-state index in [1.165, 1.54) is 13.8 Å². The van der Waals surface area contributed by atoms with Crippen molar-refractivity contribution in [2.45, 2.75) is 56.4 Å². The van der Waals surface area contributed by atoms with Crippen LogP contribution in [0.25, 0.3) is 0 Å². The SMILES string of the molecule is C.C.CC.CC(C)=O.CC(C)C(=O)COCCOCCN.[HH]. The van der Waals surface area contributed by atoms with Gasteiger partial charge < -0.3 is 20.0 Å². The molecule has 0 aromatic heterocycles. The van der Waals surface area contributed by atoms with Gasteiger partial charge in [-0.3, -0.25) is 4.79 Å². The zero-order valence-corrected chi connectivity index (χ0v) is 13.3. The van der Waals surface area contributed by atoms with Gasteiger partial charge in [0.25, 0.3) is 0 Å². The Balaban J connectivity index is -0.0000000620. The highest BCUT2D eigenvalue weighted by Crippen LogP contribution is 1.94. The Labute approximate surface area is 134 Å². The van der Waals surface area contributed by atoms with Crippen LogP contribution in [0.1, 0.15) is 57.8 Å². The largest absolute Gasteiger partial charge is 0.378 e. The summed E-state index contributed by atoms with van der Waals surface area (Å²) in [6, 6.07) is 0. The summed E-state index contributed by atoms with van der Waals surface area (Å²) in [6.07, 6.45) is 0. The molecule has 0 aliphatic rings. The molecule has 21 heavy (non-hydrogen) atoms. The molecule has 0 aliphatic heterocycles. The molecule has 0 saturated heterocycles. The van der Waals surface area contributed by atoms with Crippen molar-refractivity contribution >= 4 is 11.6 Å². The van der Waals surface area contributed by atoms with Gasteiger partial charge in [-0.05, 0) is 13.8 Å².